The first-order valence-electron chi connectivity index (χ1n) is 0. The molecule has 16 valence electrons. The predicted octanol–water partition coefficient (Wildman–Crippen LogP) is -4.05. The van der Waals surface area contributed by atoms with E-state index in [0.717, 1.165) is 0 Å². The molecule has 0 bridgehead atoms. The Balaban J connectivity index is 0. The second-order valence-corrected chi connectivity index (χ2v) is 0. The van der Waals surface area contributed by atoms with Crippen molar-refractivity contribution in [3.05, 3.63) is 0 Å². The normalized spacial score (nSPS) is 0. The molecular formula is H8BaCaKNaSr. The second-order valence-electron chi connectivity index (χ2n) is 0. The van der Waals surface area contributed by atoms with Crippen molar-refractivity contribution >= 4 is 213 Å². The summed E-state index contributed by atoms with van der Waals surface area (Å²) >= 11 is 0. The molecule has 0 atom stereocenters. The van der Waals surface area contributed by atoms with Crippen LogP contribution in [0, 0.1) is 0 Å². The van der Waals surface area contributed by atoms with Crippen molar-refractivity contribution in [1.82, 2.24) is 0 Å². The Kier molecular flexibility index (Phi) is 133. The van der Waals surface area contributed by atoms with Gasteiger partial charge in [-0.3, -0.25) is 0 Å². The molecule has 0 aromatic heterocycles. The van der Waals surface area contributed by atoms with Gasteiger partial charge in [-0.15, -0.1) is 0 Å². The zero-order valence-corrected chi connectivity index (χ0v) is 0. The quantitative estimate of drug-likeness (QED) is 0.396. The first-order chi connectivity index (χ1) is 0. The van der Waals surface area contributed by atoms with E-state index >= 15 is 0 Å². The fraction of sp³-hybridized carbons (Fsp3) is 0. The summed E-state index contributed by atoms with van der Waals surface area (Å²) in [5, 5.41) is 0. The van der Waals surface area contributed by atoms with Gasteiger partial charge in [-0.05, 0) is 0 Å². The van der Waals surface area contributed by atoms with Gasteiger partial charge in [-0.2, -0.15) is 0 Å². The van der Waals surface area contributed by atoms with E-state index in [2.05, 4.69) is 0 Å². The molecule has 0 aliphatic carbocycles. The van der Waals surface area contributed by atoms with E-state index in [1.807, 2.05) is 0 Å². The van der Waals surface area contributed by atoms with E-state index in [9.17, 15) is 0 Å². The van der Waals surface area contributed by atoms with Crippen LogP contribution < -0.4 is 0 Å². The first-order valence-corrected chi connectivity index (χ1v) is 0. The van der Waals surface area contributed by atoms with Gasteiger partial charge in [0.25, 0.3) is 0 Å². The molecule has 0 saturated heterocycles. The van der Waals surface area contributed by atoms with E-state index < -0.39 is 0 Å². The van der Waals surface area contributed by atoms with Gasteiger partial charge in [0.2, 0.25) is 0 Å². The van der Waals surface area contributed by atoms with Crippen LogP contribution in [0.5, 0.6) is 0 Å². The third-order valence-corrected chi connectivity index (χ3v) is 0. The van der Waals surface area contributed by atoms with Crippen molar-refractivity contribution in [2.75, 3.05) is 0 Å². The maximum atomic E-state index is 0. The van der Waals surface area contributed by atoms with Gasteiger partial charge in [0.05, 0.1) is 0 Å². The summed E-state index contributed by atoms with van der Waals surface area (Å²) in [6.07, 6.45) is 0. The predicted molar refractivity (Wildman–Crippen MR) is 39.9 cm³/mol. The van der Waals surface area contributed by atoms with Crippen LogP contribution in [0.1, 0.15) is 0 Å². The third kappa shape index (κ3) is 18.2. The van der Waals surface area contributed by atoms with E-state index in [1.54, 1.807) is 0 Å². The molecular weight excluding hydrogens is 327 g/mol. The average molecular weight is 335 g/mol. The molecule has 0 aromatic carbocycles. The van der Waals surface area contributed by atoms with Crippen molar-refractivity contribution < 1.29 is 0 Å². The summed E-state index contributed by atoms with van der Waals surface area (Å²) in [6.45, 7) is 0. The zero-order chi connectivity index (χ0) is 0. The summed E-state index contributed by atoms with van der Waals surface area (Å²) in [5.41, 5.74) is 0. The fourth-order valence-corrected chi connectivity index (χ4v) is 0. The van der Waals surface area contributed by atoms with Gasteiger partial charge < -0.3 is 0 Å². The summed E-state index contributed by atoms with van der Waals surface area (Å²) < 4.78 is 0. The minimum absolute atomic E-state index is 0. The Hall–Kier alpha value is 6.95. The van der Waals surface area contributed by atoms with Gasteiger partial charge >= 0.3 is 213 Å². The Morgan fingerprint density at radius 1 is 1.00 bits per heavy atom. The second kappa shape index (κ2) is 22.4. The number of rotatable bonds is 0. The van der Waals surface area contributed by atoms with Crippen LogP contribution in [-0.2, 0) is 0 Å². The Morgan fingerprint density at radius 2 is 1.00 bits per heavy atom. The Morgan fingerprint density at radius 3 is 1.00 bits per heavy atom. The van der Waals surface area contributed by atoms with E-state index in [4.69, 9.17) is 0 Å². The number of hydrogen-bond acceptors (Lipinski definition) is 0. The molecule has 0 unspecified atom stereocenters. The van der Waals surface area contributed by atoms with Crippen molar-refractivity contribution in [3.63, 3.8) is 0 Å². The SMILES string of the molecule is [BaH2].[CaH2].[KH].[NaH].[SrH2]. The maximum absolute atomic E-state index is 0. The Bertz CT molecular complexity index is 11.6. The van der Waals surface area contributed by atoms with Crippen molar-refractivity contribution in [2.24, 2.45) is 0 Å². The summed E-state index contributed by atoms with van der Waals surface area (Å²) in [4.78, 5) is 0. The van der Waals surface area contributed by atoms with Crippen molar-refractivity contribution in [3.8, 4) is 0 Å². The first kappa shape index (κ1) is 29.7. The molecule has 5 heteroatoms. The zero-order valence-electron chi connectivity index (χ0n) is 0. The van der Waals surface area contributed by atoms with E-state index in [-0.39, 0.29) is 213 Å². The van der Waals surface area contributed by atoms with Crippen LogP contribution in [-0.4, -0.2) is 213 Å². The molecule has 0 spiro atoms. The monoisotopic (exact) mass is 336 g/mol. The molecule has 0 nitrogen and oxygen atoms in total. The summed E-state index contributed by atoms with van der Waals surface area (Å²) in [6, 6.07) is 0. The standard InChI is InChI=1S/Ba.Ca.K.Na.Sr.8H. The molecule has 0 heterocycles. The van der Waals surface area contributed by atoms with Crippen LogP contribution in [0.4, 0.5) is 0 Å². The fourth-order valence-electron chi connectivity index (χ4n) is 0. The molecule has 0 amide bonds. The van der Waals surface area contributed by atoms with Gasteiger partial charge in [-0.25, -0.2) is 0 Å². The number of hydrogen-bond donors (Lipinski definition) is 0. The van der Waals surface area contributed by atoms with Crippen LogP contribution in [0.2, 0.25) is 0 Å². The average Bonchev–Trinajstić information content (AvgIpc) is 0. The van der Waals surface area contributed by atoms with Gasteiger partial charge in [0.1, 0.15) is 0 Å². The summed E-state index contributed by atoms with van der Waals surface area (Å²) in [7, 11) is 0. The van der Waals surface area contributed by atoms with Gasteiger partial charge in [-0.1, -0.05) is 0 Å². The third-order valence-electron chi connectivity index (χ3n) is 0. The van der Waals surface area contributed by atoms with E-state index in [0.29, 0.717) is 0 Å². The molecule has 0 rings (SSSR count). The molecule has 5 heavy (non-hydrogen) atoms. The molecule has 0 saturated carbocycles. The van der Waals surface area contributed by atoms with Crippen molar-refractivity contribution in [2.45, 2.75) is 0 Å². The van der Waals surface area contributed by atoms with Crippen LogP contribution in [0.25, 0.3) is 0 Å². The molecule has 0 aliphatic rings. The molecule has 0 radical (unpaired) electrons. The molecule has 0 aliphatic heterocycles. The molecule has 0 N–H and O–H groups in total. The van der Waals surface area contributed by atoms with Crippen LogP contribution in [0.15, 0.2) is 0 Å². The minimum atomic E-state index is 0. The van der Waals surface area contributed by atoms with Crippen molar-refractivity contribution in [1.29, 1.82) is 0 Å². The molecule has 0 fully saturated rings. The van der Waals surface area contributed by atoms with Crippen LogP contribution >= 0.6 is 0 Å². The van der Waals surface area contributed by atoms with Gasteiger partial charge in [0.15, 0.2) is 0 Å². The topological polar surface area (TPSA) is 0 Å². The molecule has 0 aromatic rings. The van der Waals surface area contributed by atoms with E-state index in [1.165, 1.54) is 0 Å². The summed E-state index contributed by atoms with van der Waals surface area (Å²) in [5.74, 6) is 0. The Labute approximate surface area is 205 Å². The van der Waals surface area contributed by atoms with Gasteiger partial charge in [0, 0.05) is 0 Å². The van der Waals surface area contributed by atoms with Crippen LogP contribution in [0.3, 0.4) is 0 Å².